The van der Waals surface area contributed by atoms with E-state index in [0.717, 1.165) is 5.56 Å². The summed E-state index contributed by atoms with van der Waals surface area (Å²) in [5.41, 5.74) is 0.925. The topological polar surface area (TPSA) is 59.0 Å². The number of β-amino-alcohol motifs (C(OH)–C–C–N with tert-alkyl or cyclic N) is 1. The Bertz CT molecular complexity index is 424. The molecule has 1 heterocycles. The number of benzene rings is 1. The van der Waals surface area contributed by atoms with Crippen LogP contribution in [0.15, 0.2) is 18.2 Å². The molecule has 2 rings (SSSR count). The van der Waals surface area contributed by atoms with Crippen LogP contribution in [0, 0.1) is 0 Å². The fourth-order valence-electron chi connectivity index (χ4n) is 2.08. The van der Waals surface area contributed by atoms with Crippen molar-refractivity contribution in [1.82, 2.24) is 4.90 Å². The molecule has 0 saturated carbocycles. The molecule has 1 N–H and O–H groups in total. The van der Waals surface area contributed by atoms with E-state index in [9.17, 15) is 9.90 Å². The van der Waals surface area contributed by atoms with Crippen molar-refractivity contribution in [3.8, 4) is 11.5 Å². The highest BCUT2D eigenvalue weighted by Crippen LogP contribution is 2.24. The van der Waals surface area contributed by atoms with Gasteiger partial charge in [0.15, 0.2) is 0 Å². The summed E-state index contributed by atoms with van der Waals surface area (Å²) >= 11 is 0. The van der Waals surface area contributed by atoms with Crippen LogP contribution in [0.3, 0.4) is 0 Å². The first-order valence-electron chi connectivity index (χ1n) is 5.80. The molecule has 1 fully saturated rings. The summed E-state index contributed by atoms with van der Waals surface area (Å²) in [6.07, 6.45) is -0.341. The van der Waals surface area contributed by atoms with Gasteiger partial charge in [-0.1, -0.05) is 0 Å². The van der Waals surface area contributed by atoms with Crippen LogP contribution in [0.4, 0.5) is 0 Å². The fraction of sp³-hybridized carbons (Fsp3) is 0.462. The minimum absolute atomic E-state index is 0.0238. The maximum atomic E-state index is 11.6. The molecule has 1 aliphatic heterocycles. The first-order chi connectivity index (χ1) is 8.62. The Balaban J connectivity index is 2.15. The number of carbonyl (C=O) groups excluding carboxylic acids is 1. The van der Waals surface area contributed by atoms with E-state index in [2.05, 4.69) is 0 Å². The second kappa shape index (κ2) is 5.27. The van der Waals surface area contributed by atoms with Crippen LogP contribution in [0.5, 0.6) is 11.5 Å². The minimum atomic E-state index is -0.551. The normalized spacial score (nSPS) is 19.2. The molecular weight excluding hydrogens is 234 g/mol. The van der Waals surface area contributed by atoms with Crippen molar-refractivity contribution in [1.29, 1.82) is 0 Å². The SMILES string of the molecule is COc1cc(CN2CC(O)CC2=O)cc(OC)c1. The van der Waals surface area contributed by atoms with Crippen LogP contribution >= 0.6 is 0 Å². The summed E-state index contributed by atoms with van der Waals surface area (Å²) in [5, 5.41) is 9.44. The zero-order valence-electron chi connectivity index (χ0n) is 10.5. The number of ether oxygens (including phenoxy) is 2. The lowest BCUT2D eigenvalue weighted by molar-refractivity contribution is -0.128. The predicted molar refractivity (Wildman–Crippen MR) is 65.6 cm³/mol. The molecule has 1 aromatic carbocycles. The van der Waals surface area contributed by atoms with Gasteiger partial charge in [-0.3, -0.25) is 4.79 Å². The van der Waals surface area contributed by atoms with E-state index in [0.29, 0.717) is 24.6 Å². The van der Waals surface area contributed by atoms with Gasteiger partial charge in [0.1, 0.15) is 11.5 Å². The minimum Gasteiger partial charge on any atom is -0.497 e. The zero-order chi connectivity index (χ0) is 13.1. The van der Waals surface area contributed by atoms with Gasteiger partial charge in [0.25, 0.3) is 0 Å². The smallest absolute Gasteiger partial charge is 0.225 e. The van der Waals surface area contributed by atoms with Crippen molar-refractivity contribution in [2.24, 2.45) is 0 Å². The van der Waals surface area contributed by atoms with E-state index >= 15 is 0 Å². The molecule has 1 amide bonds. The predicted octanol–water partition coefficient (Wildman–Crippen LogP) is 0.797. The fourth-order valence-corrected chi connectivity index (χ4v) is 2.08. The number of nitrogens with zero attached hydrogens (tertiary/aromatic N) is 1. The largest absolute Gasteiger partial charge is 0.497 e. The second-order valence-corrected chi connectivity index (χ2v) is 4.35. The highest BCUT2D eigenvalue weighted by molar-refractivity contribution is 5.79. The lowest BCUT2D eigenvalue weighted by atomic mass is 10.2. The van der Waals surface area contributed by atoms with E-state index in [1.807, 2.05) is 12.1 Å². The third kappa shape index (κ3) is 2.73. The summed E-state index contributed by atoms with van der Waals surface area (Å²) in [4.78, 5) is 13.2. The van der Waals surface area contributed by atoms with Gasteiger partial charge in [-0.15, -0.1) is 0 Å². The number of aliphatic hydroxyl groups is 1. The number of hydrogen-bond donors (Lipinski definition) is 1. The van der Waals surface area contributed by atoms with Crippen molar-refractivity contribution < 1.29 is 19.4 Å². The van der Waals surface area contributed by atoms with Gasteiger partial charge in [-0.2, -0.15) is 0 Å². The first kappa shape index (κ1) is 12.7. The number of rotatable bonds is 4. The zero-order valence-corrected chi connectivity index (χ0v) is 10.5. The molecule has 1 unspecified atom stereocenters. The van der Waals surface area contributed by atoms with Crippen molar-refractivity contribution >= 4 is 5.91 Å². The number of methoxy groups -OCH3 is 2. The summed E-state index contributed by atoms with van der Waals surface area (Å²) in [5.74, 6) is 1.36. The summed E-state index contributed by atoms with van der Waals surface area (Å²) in [6.45, 7) is 0.849. The number of amides is 1. The van der Waals surface area contributed by atoms with Crippen LogP contribution in [0.1, 0.15) is 12.0 Å². The van der Waals surface area contributed by atoms with Gasteiger partial charge in [0.05, 0.1) is 26.7 Å². The number of aliphatic hydroxyl groups excluding tert-OH is 1. The van der Waals surface area contributed by atoms with Gasteiger partial charge in [0, 0.05) is 19.2 Å². The summed E-state index contributed by atoms with van der Waals surface area (Å²) in [7, 11) is 3.17. The molecule has 18 heavy (non-hydrogen) atoms. The van der Waals surface area contributed by atoms with E-state index in [1.165, 1.54) is 0 Å². The number of carbonyl (C=O) groups is 1. The van der Waals surface area contributed by atoms with Gasteiger partial charge >= 0.3 is 0 Å². The Kier molecular flexibility index (Phi) is 3.72. The molecule has 0 spiro atoms. The van der Waals surface area contributed by atoms with Crippen LogP contribution in [0.2, 0.25) is 0 Å². The maximum Gasteiger partial charge on any atom is 0.225 e. The van der Waals surface area contributed by atoms with Gasteiger partial charge in [-0.05, 0) is 17.7 Å². The molecule has 1 atom stereocenters. The molecule has 0 aliphatic carbocycles. The van der Waals surface area contributed by atoms with Crippen LogP contribution in [-0.2, 0) is 11.3 Å². The Morgan fingerprint density at radius 1 is 1.28 bits per heavy atom. The van der Waals surface area contributed by atoms with Crippen molar-refractivity contribution in [3.05, 3.63) is 23.8 Å². The Hall–Kier alpha value is -1.75. The average Bonchev–Trinajstić information content (AvgIpc) is 2.67. The van der Waals surface area contributed by atoms with Crippen LogP contribution in [0.25, 0.3) is 0 Å². The van der Waals surface area contributed by atoms with E-state index in [4.69, 9.17) is 9.47 Å². The van der Waals surface area contributed by atoms with Gasteiger partial charge in [-0.25, -0.2) is 0 Å². The Morgan fingerprint density at radius 3 is 2.33 bits per heavy atom. The van der Waals surface area contributed by atoms with Gasteiger partial charge in [0.2, 0.25) is 5.91 Å². The molecule has 0 aromatic heterocycles. The lowest BCUT2D eigenvalue weighted by Crippen LogP contribution is -2.25. The molecular formula is C13H17NO4. The van der Waals surface area contributed by atoms with Crippen LogP contribution in [-0.4, -0.2) is 42.8 Å². The molecule has 5 heteroatoms. The van der Waals surface area contributed by atoms with Crippen molar-refractivity contribution in [3.63, 3.8) is 0 Å². The number of hydrogen-bond acceptors (Lipinski definition) is 4. The van der Waals surface area contributed by atoms with Crippen molar-refractivity contribution in [2.45, 2.75) is 19.1 Å². The molecule has 0 bridgehead atoms. The summed E-state index contributed by atoms with van der Waals surface area (Å²) < 4.78 is 10.4. The Labute approximate surface area is 106 Å². The highest BCUT2D eigenvalue weighted by Gasteiger charge is 2.27. The third-order valence-corrected chi connectivity index (χ3v) is 2.98. The quantitative estimate of drug-likeness (QED) is 0.859. The van der Waals surface area contributed by atoms with E-state index < -0.39 is 6.10 Å². The average molecular weight is 251 g/mol. The van der Waals surface area contributed by atoms with Crippen LogP contribution < -0.4 is 9.47 Å². The molecule has 1 aromatic rings. The number of likely N-dealkylation sites (tertiary alicyclic amines) is 1. The Morgan fingerprint density at radius 2 is 1.89 bits per heavy atom. The molecule has 5 nitrogen and oxygen atoms in total. The van der Waals surface area contributed by atoms with E-state index in [1.54, 1.807) is 25.2 Å². The highest BCUT2D eigenvalue weighted by atomic mass is 16.5. The molecule has 0 radical (unpaired) electrons. The first-order valence-corrected chi connectivity index (χ1v) is 5.80. The van der Waals surface area contributed by atoms with E-state index in [-0.39, 0.29) is 12.3 Å². The van der Waals surface area contributed by atoms with Crippen molar-refractivity contribution in [2.75, 3.05) is 20.8 Å². The molecule has 1 aliphatic rings. The maximum absolute atomic E-state index is 11.6. The third-order valence-electron chi connectivity index (χ3n) is 2.98. The molecule has 98 valence electrons. The summed E-state index contributed by atoms with van der Waals surface area (Å²) in [6, 6.07) is 5.51. The monoisotopic (exact) mass is 251 g/mol. The second-order valence-electron chi connectivity index (χ2n) is 4.35. The standard InChI is InChI=1S/C13H17NO4/c1-17-11-3-9(4-12(6-11)18-2)7-14-8-10(15)5-13(14)16/h3-4,6,10,15H,5,7-8H2,1-2H3. The molecule has 1 saturated heterocycles. The lowest BCUT2D eigenvalue weighted by Gasteiger charge is -2.17. The van der Waals surface area contributed by atoms with Gasteiger partial charge < -0.3 is 19.5 Å².